The summed E-state index contributed by atoms with van der Waals surface area (Å²) in [7, 11) is 0. The molecule has 1 atom stereocenters. The van der Waals surface area contributed by atoms with E-state index in [2.05, 4.69) is 45.0 Å². The fourth-order valence-electron chi connectivity index (χ4n) is 2.12. The topological polar surface area (TPSA) is 20.2 Å². The minimum absolute atomic E-state index is 0.341. The molecule has 0 bridgehead atoms. The molecule has 1 aromatic rings. The van der Waals surface area contributed by atoms with Gasteiger partial charge < -0.3 is 5.11 Å². The molecule has 0 aliphatic rings. The summed E-state index contributed by atoms with van der Waals surface area (Å²) < 4.78 is 0. The maximum atomic E-state index is 10.4. The van der Waals surface area contributed by atoms with Gasteiger partial charge in [-0.05, 0) is 37.2 Å². The van der Waals surface area contributed by atoms with Gasteiger partial charge in [0.2, 0.25) is 0 Å². The van der Waals surface area contributed by atoms with Crippen molar-refractivity contribution in [2.24, 2.45) is 5.92 Å². The van der Waals surface area contributed by atoms with E-state index in [0.29, 0.717) is 5.92 Å². The molecular formula is C15H24O. The normalized spacial score (nSPS) is 15.1. The van der Waals surface area contributed by atoms with E-state index < -0.39 is 5.60 Å². The molecule has 1 N–H and O–H groups in total. The Bertz CT molecular complexity index is 292. The lowest BCUT2D eigenvalue weighted by molar-refractivity contribution is -0.0180. The molecule has 0 amide bonds. The van der Waals surface area contributed by atoms with Crippen molar-refractivity contribution in [2.45, 2.75) is 52.1 Å². The summed E-state index contributed by atoms with van der Waals surface area (Å²) in [4.78, 5) is 0. The van der Waals surface area contributed by atoms with Crippen molar-refractivity contribution in [2.75, 3.05) is 0 Å². The second-order valence-electron chi connectivity index (χ2n) is 4.95. The number of benzene rings is 1. The Kier molecular flexibility index (Phi) is 5.01. The van der Waals surface area contributed by atoms with Crippen LogP contribution in [0.2, 0.25) is 0 Å². The molecule has 0 saturated carbocycles. The number of rotatable bonds is 6. The molecule has 0 aliphatic heterocycles. The molecule has 1 rings (SSSR count). The Hall–Kier alpha value is -0.820. The molecule has 0 saturated heterocycles. The number of hydrogen-bond donors (Lipinski definition) is 1. The SMILES string of the molecule is CCC(O)(CCCc1ccccc1)C(C)C. The second kappa shape index (κ2) is 6.05. The highest BCUT2D eigenvalue weighted by Crippen LogP contribution is 2.27. The fourth-order valence-corrected chi connectivity index (χ4v) is 2.12. The molecule has 90 valence electrons. The van der Waals surface area contributed by atoms with Gasteiger partial charge in [0.25, 0.3) is 0 Å². The van der Waals surface area contributed by atoms with E-state index in [-0.39, 0.29) is 0 Å². The van der Waals surface area contributed by atoms with Crippen LogP contribution >= 0.6 is 0 Å². The first-order chi connectivity index (χ1) is 7.58. The molecule has 16 heavy (non-hydrogen) atoms. The van der Waals surface area contributed by atoms with Crippen LogP contribution in [-0.2, 0) is 6.42 Å². The minimum Gasteiger partial charge on any atom is -0.390 e. The van der Waals surface area contributed by atoms with E-state index in [1.54, 1.807) is 0 Å². The van der Waals surface area contributed by atoms with Crippen LogP contribution in [0.3, 0.4) is 0 Å². The average molecular weight is 220 g/mol. The number of aryl methyl sites for hydroxylation is 1. The zero-order valence-corrected chi connectivity index (χ0v) is 10.7. The van der Waals surface area contributed by atoms with E-state index in [0.717, 1.165) is 25.7 Å². The molecule has 0 aliphatic carbocycles. The molecule has 0 aromatic heterocycles. The summed E-state index contributed by atoms with van der Waals surface area (Å²) in [5.41, 5.74) is 0.888. The zero-order valence-electron chi connectivity index (χ0n) is 10.7. The standard InChI is InChI=1S/C15H24O/c1-4-15(16,13(2)3)12-8-11-14-9-6-5-7-10-14/h5-7,9-10,13,16H,4,8,11-12H2,1-3H3. The van der Waals surface area contributed by atoms with Crippen molar-refractivity contribution in [1.82, 2.24) is 0 Å². The van der Waals surface area contributed by atoms with Crippen LogP contribution in [0, 0.1) is 5.92 Å². The van der Waals surface area contributed by atoms with E-state index in [1.807, 2.05) is 6.07 Å². The van der Waals surface area contributed by atoms with Crippen molar-refractivity contribution in [3.8, 4) is 0 Å². The van der Waals surface area contributed by atoms with Crippen LogP contribution in [0.1, 0.15) is 45.6 Å². The fraction of sp³-hybridized carbons (Fsp3) is 0.600. The lowest BCUT2D eigenvalue weighted by atomic mass is 9.83. The van der Waals surface area contributed by atoms with Crippen LogP contribution in [0.25, 0.3) is 0 Å². The summed E-state index contributed by atoms with van der Waals surface area (Å²) >= 11 is 0. The molecule has 1 heteroatoms. The maximum absolute atomic E-state index is 10.4. The van der Waals surface area contributed by atoms with Gasteiger partial charge in [0.15, 0.2) is 0 Å². The Balaban J connectivity index is 2.40. The average Bonchev–Trinajstić information content (AvgIpc) is 2.30. The summed E-state index contributed by atoms with van der Waals surface area (Å²) in [6, 6.07) is 10.5. The summed E-state index contributed by atoms with van der Waals surface area (Å²) in [6.07, 6.45) is 3.87. The molecule has 0 fully saturated rings. The van der Waals surface area contributed by atoms with Crippen LogP contribution < -0.4 is 0 Å². The smallest absolute Gasteiger partial charge is 0.0668 e. The Morgan fingerprint density at radius 1 is 1.19 bits per heavy atom. The third-order valence-electron chi connectivity index (χ3n) is 3.60. The molecule has 0 radical (unpaired) electrons. The van der Waals surface area contributed by atoms with Gasteiger partial charge in [-0.25, -0.2) is 0 Å². The van der Waals surface area contributed by atoms with E-state index in [9.17, 15) is 5.11 Å². The van der Waals surface area contributed by atoms with E-state index >= 15 is 0 Å². The number of hydrogen-bond acceptors (Lipinski definition) is 1. The molecule has 1 nitrogen and oxygen atoms in total. The van der Waals surface area contributed by atoms with Crippen molar-refractivity contribution in [1.29, 1.82) is 0 Å². The van der Waals surface area contributed by atoms with Gasteiger partial charge in [-0.15, -0.1) is 0 Å². The predicted octanol–water partition coefficient (Wildman–Crippen LogP) is 3.81. The van der Waals surface area contributed by atoms with Crippen LogP contribution in [0.15, 0.2) is 30.3 Å². The van der Waals surface area contributed by atoms with Crippen LogP contribution in [0.4, 0.5) is 0 Å². The van der Waals surface area contributed by atoms with Gasteiger partial charge in [0.05, 0.1) is 5.60 Å². The Morgan fingerprint density at radius 2 is 1.81 bits per heavy atom. The van der Waals surface area contributed by atoms with Crippen LogP contribution in [0.5, 0.6) is 0 Å². The summed E-state index contributed by atoms with van der Waals surface area (Å²) in [5.74, 6) is 0.341. The highest BCUT2D eigenvalue weighted by atomic mass is 16.3. The van der Waals surface area contributed by atoms with Gasteiger partial charge in [-0.2, -0.15) is 0 Å². The lowest BCUT2D eigenvalue weighted by Crippen LogP contribution is -2.34. The molecule has 1 unspecified atom stereocenters. The highest BCUT2D eigenvalue weighted by Gasteiger charge is 2.27. The van der Waals surface area contributed by atoms with E-state index in [1.165, 1.54) is 5.56 Å². The zero-order chi connectivity index (χ0) is 12.0. The van der Waals surface area contributed by atoms with Crippen molar-refractivity contribution >= 4 is 0 Å². The van der Waals surface area contributed by atoms with Crippen molar-refractivity contribution in [3.05, 3.63) is 35.9 Å². The lowest BCUT2D eigenvalue weighted by Gasteiger charge is -2.31. The van der Waals surface area contributed by atoms with Gasteiger partial charge >= 0.3 is 0 Å². The third kappa shape index (κ3) is 3.64. The minimum atomic E-state index is -0.477. The van der Waals surface area contributed by atoms with Crippen molar-refractivity contribution < 1.29 is 5.11 Å². The first-order valence-electron chi connectivity index (χ1n) is 6.35. The van der Waals surface area contributed by atoms with Gasteiger partial charge in [0, 0.05) is 0 Å². The van der Waals surface area contributed by atoms with Crippen molar-refractivity contribution in [3.63, 3.8) is 0 Å². The largest absolute Gasteiger partial charge is 0.390 e. The second-order valence-corrected chi connectivity index (χ2v) is 4.95. The highest BCUT2D eigenvalue weighted by molar-refractivity contribution is 5.14. The van der Waals surface area contributed by atoms with Crippen LogP contribution in [-0.4, -0.2) is 10.7 Å². The molecular weight excluding hydrogens is 196 g/mol. The van der Waals surface area contributed by atoms with Gasteiger partial charge in [0.1, 0.15) is 0 Å². The summed E-state index contributed by atoms with van der Waals surface area (Å²) in [5, 5.41) is 10.4. The number of aliphatic hydroxyl groups is 1. The third-order valence-corrected chi connectivity index (χ3v) is 3.60. The Morgan fingerprint density at radius 3 is 2.31 bits per heavy atom. The molecule has 1 aromatic carbocycles. The first-order valence-corrected chi connectivity index (χ1v) is 6.35. The summed E-state index contributed by atoms with van der Waals surface area (Å²) in [6.45, 7) is 6.28. The Labute approximate surface area is 99.5 Å². The predicted molar refractivity (Wildman–Crippen MR) is 69.5 cm³/mol. The molecule has 0 heterocycles. The quantitative estimate of drug-likeness (QED) is 0.773. The monoisotopic (exact) mass is 220 g/mol. The molecule has 0 spiro atoms. The van der Waals surface area contributed by atoms with Gasteiger partial charge in [-0.3, -0.25) is 0 Å². The maximum Gasteiger partial charge on any atom is 0.0668 e. The van der Waals surface area contributed by atoms with Gasteiger partial charge in [-0.1, -0.05) is 51.1 Å². The first kappa shape index (κ1) is 13.2. The van der Waals surface area contributed by atoms with E-state index in [4.69, 9.17) is 0 Å².